The van der Waals surface area contributed by atoms with E-state index in [0.717, 1.165) is 19.4 Å². The maximum Gasteiger partial charge on any atom is 0.238 e. The Morgan fingerprint density at radius 1 is 1.38 bits per heavy atom. The Bertz CT molecular complexity index is 475. The lowest BCUT2D eigenvalue weighted by Crippen LogP contribution is -2.35. The lowest BCUT2D eigenvalue weighted by molar-refractivity contribution is -0.117. The SMILES string of the molecule is CCCCN(CCCO)CC(=O)Nc1cccc(C#N)c1. The summed E-state index contributed by atoms with van der Waals surface area (Å²) < 4.78 is 0. The zero-order chi connectivity index (χ0) is 15.5. The van der Waals surface area contributed by atoms with Gasteiger partial charge in [-0.1, -0.05) is 19.4 Å². The van der Waals surface area contributed by atoms with Crippen molar-refractivity contribution in [3.8, 4) is 6.07 Å². The topological polar surface area (TPSA) is 76.4 Å². The molecule has 0 aliphatic rings. The first-order valence-corrected chi connectivity index (χ1v) is 7.32. The predicted molar refractivity (Wildman–Crippen MR) is 82.8 cm³/mol. The molecule has 0 aromatic heterocycles. The second kappa shape index (κ2) is 9.92. The van der Waals surface area contributed by atoms with Gasteiger partial charge in [-0.05, 0) is 37.6 Å². The van der Waals surface area contributed by atoms with Gasteiger partial charge in [0.05, 0.1) is 18.2 Å². The third-order valence-electron chi connectivity index (χ3n) is 3.10. The molecule has 0 radical (unpaired) electrons. The summed E-state index contributed by atoms with van der Waals surface area (Å²) in [4.78, 5) is 14.1. The number of nitrogens with zero attached hydrogens (tertiary/aromatic N) is 2. The molecule has 1 aromatic rings. The number of carbonyl (C=O) groups is 1. The number of aliphatic hydroxyl groups excluding tert-OH is 1. The molecule has 0 atom stereocenters. The smallest absolute Gasteiger partial charge is 0.238 e. The maximum atomic E-state index is 12.1. The first-order chi connectivity index (χ1) is 10.2. The van der Waals surface area contributed by atoms with E-state index in [9.17, 15) is 4.79 Å². The van der Waals surface area contributed by atoms with Gasteiger partial charge in [0.25, 0.3) is 0 Å². The van der Waals surface area contributed by atoms with Crippen molar-refractivity contribution in [3.63, 3.8) is 0 Å². The maximum absolute atomic E-state index is 12.1. The molecule has 2 N–H and O–H groups in total. The highest BCUT2D eigenvalue weighted by Gasteiger charge is 2.10. The van der Waals surface area contributed by atoms with Crippen LogP contribution in [0.2, 0.25) is 0 Å². The number of carbonyl (C=O) groups excluding carboxylic acids is 1. The van der Waals surface area contributed by atoms with E-state index in [2.05, 4.69) is 12.2 Å². The number of anilines is 1. The van der Waals surface area contributed by atoms with Crippen LogP contribution in [-0.2, 0) is 4.79 Å². The average molecular weight is 289 g/mol. The second-order valence-corrected chi connectivity index (χ2v) is 4.95. The number of aliphatic hydroxyl groups is 1. The number of benzene rings is 1. The van der Waals surface area contributed by atoms with E-state index in [1.165, 1.54) is 0 Å². The molecule has 0 unspecified atom stereocenters. The summed E-state index contributed by atoms with van der Waals surface area (Å²) in [6.07, 6.45) is 2.77. The molecule has 1 aromatic carbocycles. The van der Waals surface area contributed by atoms with E-state index in [0.29, 0.717) is 30.8 Å². The van der Waals surface area contributed by atoms with Crippen LogP contribution in [0.15, 0.2) is 24.3 Å². The Morgan fingerprint density at radius 2 is 2.14 bits per heavy atom. The number of rotatable bonds is 9. The highest BCUT2D eigenvalue weighted by Crippen LogP contribution is 2.09. The fourth-order valence-corrected chi connectivity index (χ4v) is 2.02. The van der Waals surface area contributed by atoms with Crippen LogP contribution in [0.25, 0.3) is 0 Å². The fraction of sp³-hybridized carbons (Fsp3) is 0.500. The Kier molecular flexibility index (Phi) is 8.10. The molecule has 21 heavy (non-hydrogen) atoms. The summed E-state index contributed by atoms with van der Waals surface area (Å²) in [5.74, 6) is -0.0980. The van der Waals surface area contributed by atoms with Crippen molar-refractivity contribution in [1.82, 2.24) is 4.90 Å². The molecular weight excluding hydrogens is 266 g/mol. The van der Waals surface area contributed by atoms with Crippen molar-refractivity contribution >= 4 is 11.6 Å². The van der Waals surface area contributed by atoms with Crippen LogP contribution in [0.3, 0.4) is 0 Å². The molecule has 0 fully saturated rings. The van der Waals surface area contributed by atoms with Gasteiger partial charge in [0, 0.05) is 18.8 Å². The molecule has 0 spiro atoms. The number of amides is 1. The summed E-state index contributed by atoms with van der Waals surface area (Å²) in [5, 5.41) is 20.6. The van der Waals surface area contributed by atoms with Crippen molar-refractivity contribution in [2.45, 2.75) is 26.2 Å². The first kappa shape index (κ1) is 17.2. The predicted octanol–water partition coefficient (Wildman–Crippen LogP) is 1.98. The number of hydrogen-bond acceptors (Lipinski definition) is 4. The standard InChI is InChI=1S/C16H23N3O2/c1-2-3-8-19(9-5-10-20)13-16(21)18-15-7-4-6-14(11-15)12-17/h4,6-7,11,20H,2-3,5,8-10,13H2,1H3,(H,18,21). The summed E-state index contributed by atoms with van der Waals surface area (Å²) in [5.41, 5.74) is 1.16. The molecule has 0 saturated heterocycles. The first-order valence-electron chi connectivity index (χ1n) is 7.32. The third kappa shape index (κ3) is 6.89. The van der Waals surface area contributed by atoms with Gasteiger partial charge in [0.1, 0.15) is 0 Å². The molecule has 114 valence electrons. The van der Waals surface area contributed by atoms with Gasteiger partial charge in [-0.15, -0.1) is 0 Å². The normalized spacial score (nSPS) is 10.4. The van der Waals surface area contributed by atoms with Gasteiger partial charge in [-0.2, -0.15) is 5.26 Å². The van der Waals surface area contributed by atoms with Crippen molar-refractivity contribution in [1.29, 1.82) is 5.26 Å². The molecule has 0 aliphatic carbocycles. The molecule has 1 amide bonds. The number of nitriles is 1. The van der Waals surface area contributed by atoms with E-state index < -0.39 is 0 Å². The summed E-state index contributed by atoms with van der Waals surface area (Å²) in [6.45, 7) is 4.10. The van der Waals surface area contributed by atoms with E-state index in [1.54, 1.807) is 24.3 Å². The Hall–Kier alpha value is -1.90. The van der Waals surface area contributed by atoms with Crippen molar-refractivity contribution < 1.29 is 9.90 Å². The van der Waals surface area contributed by atoms with Gasteiger partial charge in [0.15, 0.2) is 0 Å². The average Bonchev–Trinajstić information content (AvgIpc) is 2.50. The number of hydrogen-bond donors (Lipinski definition) is 2. The Labute approximate surface area is 126 Å². The zero-order valence-electron chi connectivity index (χ0n) is 12.5. The van der Waals surface area contributed by atoms with Crippen molar-refractivity contribution in [2.75, 3.05) is 31.6 Å². The lowest BCUT2D eigenvalue weighted by Gasteiger charge is -2.21. The Balaban J connectivity index is 2.53. The fourth-order valence-electron chi connectivity index (χ4n) is 2.02. The molecule has 1 rings (SSSR count). The lowest BCUT2D eigenvalue weighted by atomic mass is 10.2. The molecule has 0 saturated carbocycles. The molecule has 0 aliphatic heterocycles. The van der Waals surface area contributed by atoms with Gasteiger partial charge in [-0.25, -0.2) is 0 Å². The van der Waals surface area contributed by atoms with Gasteiger partial charge >= 0.3 is 0 Å². The third-order valence-corrected chi connectivity index (χ3v) is 3.10. The van der Waals surface area contributed by atoms with Crippen LogP contribution in [0.1, 0.15) is 31.7 Å². The highest BCUT2D eigenvalue weighted by molar-refractivity contribution is 5.92. The molecule has 0 heterocycles. The van der Waals surface area contributed by atoms with Crippen LogP contribution < -0.4 is 5.32 Å². The quantitative estimate of drug-likeness (QED) is 0.729. The van der Waals surface area contributed by atoms with Crippen LogP contribution in [0, 0.1) is 11.3 Å². The van der Waals surface area contributed by atoms with Gasteiger partial charge < -0.3 is 10.4 Å². The minimum atomic E-state index is -0.0980. The van der Waals surface area contributed by atoms with E-state index >= 15 is 0 Å². The van der Waals surface area contributed by atoms with Crippen molar-refractivity contribution in [3.05, 3.63) is 29.8 Å². The number of unbranched alkanes of at least 4 members (excludes halogenated alkanes) is 1. The Morgan fingerprint density at radius 3 is 2.81 bits per heavy atom. The van der Waals surface area contributed by atoms with Gasteiger partial charge in [-0.3, -0.25) is 9.69 Å². The van der Waals surface area contributed by atoms with E-state index in [-0.39, 0.29) is 12.5 Å². The molecule has 5 heteroatoms. The second-order valence-electron chi connectivity index (χ2n) is 4.95. The van der Waals surface area contributed by atoms with Crippen LogP contribution in [-0.4, -0.2) is 42.2 Å². The number of nitrogens with one attached hydrogen (secondary N) is 1. The molecule has 5 nitrogen and oxygen atoms in total. The van der Waals surface area contributed by atoms with Crippen LogP contribution >= 0.6 is 0 Å². The minimum Gasteiger partial charge on any atom is -0.396 e. The molecular formula is C16H23N3O2. The molecule has 0 bridgehead atoms. The monoisotopic (exact) mass is 289 g/mol. The van der Waals surface area contributed by atoms with Gasteiger partial charge in [0.2, 0.25) is 5.91 Å². The van der Waals surface area contributed by atoms with Crippen LogP contribution in [0.5, 0.6) is 0 Å². The van der Waals surface area contributed by atoms with E-state index in [1.807, 2.05) is 11.0 Å². The summed E-state index contributed by atoms with van der Waals surface area (Å²) in [6, 6.07) is 8.91. The van der Waals surface area contributed by atoms with Crippen LogP contribution in [0.4, 0.5) is 5.69 Å². The minimum absolute atomic E-state index is 0.0980. The summed E-state index contributed by atoms with van der Waals surface area (Å²) in [7, 11) is 0. The highest BCUT2D eigenvalue weighted by atomic mass is 16.3. The van der Waals surface area contributed by atoms with E-state index in [4.69, 9.17) is 10.4 Å². The summed E-state index contributed by atoms with van der Waals surface area (Å²) >= 11 is 0. The zero-order valence-corrected chi connectivity index (χ0v) is 12.5. The largest absolute Gasteiger partial charge is 0.396 e. The van der Waals surface area contributed by atoms with Crippen molar-refractivity contribution in [2.24, 2.45) is 0 Å².